The van der Waals surface area contributed by atoms with Crippen molar-refractivity contribution in [3.05, 3.63) is 48.4 Å². The number of allylic oxidation sites excluding steroid dienone is 1. The number of morpholine rings is 1. The van der Waals surface area contributed by atoms with Gasteiger partial charge in [-0.05, 0) is 68.6 Å². The molecule has 0 amide bonds. The molecule has 3 unspecified atom stereocenters. The van der Waals surface area contributed by atoms with Gasteiger partial charge in [-0.1, -0.05) is 18.2 Å². The van der Waals surface area contributed by atoms with Crippen LogP contribution in [0.2, 0.25) is 0 Å². The highest BCUT2D eigenvalue weighted by Gasteiger charge is 2.30. The minimum absolute atomic E-state index is 0.0612. The van der Waals surface area contributed by atoms with Gasteiger partial charge >= 0.3 is 0 Å². The van der Waals surface area contributed by atoms with Crippen LogP contribution in [0.3, 0.4) is 0 Å². The highest BCUT2D eigenvalue weighted by Crippen LogP contribution is 2.38. The van der Waals surface area contributed by atoms with Crippen molar-refractivity contribution in [3.8, 4) is 0 Å². The molecule has 1 aromatic rings. The van der Waals surface area contributed by atoms with Gasteiger partial charge < -0.3 is 15.0 Å². The molecular formula is C23H28N4O. The first-order chi connectivity index (χ1) is 13.8. The number of anilines is 1. The van der Waals surface area contributed by atoms with Crippen molar-refractivity contribution < 1.29 is 4.74 Å². The summed E-state index contributed by atoms with van der Waals surface area (Å²) < 4.78 is 5.49. The lowest BCUT2D eigenvalue weighted by Gasteiger charge is -2.31. The number of nitrogens with one attached hydrogen (secondary N) is 1. The molecule has 0 bridgehead atoms. The van der Waals surface area contributed by atoms with Gasteiger partial charge in [0.15, 0.2) is 0 Å². The lowest BCUT2D eigenvalue weighted by Crippen LogP contribution is -2.43. The minimum Gasteiger partial charge on any atom is -0.378 e. The Bertz CT molecular complexity index is 822. The van der Waals surface area contributed by atoms with Crippen molar-refractivity contribution in [2.45, 2.75) is 44.2 Å². The molecular weight excluding hydrogens is 348 g/mol. The van der Waals surface area contributed by atoms with E-state index in [1.54, 1.807) is 0 Å². The van der Waals surface area contributed by atoms with Crippen LogP contribution in [-0.2, 0) is 4.74 Å². The van der Waals surface area contributed by atoms with Crippen LogP contribution in [0.5, 0.6) is 0 Å². The SMILES string of the molecule is [CH]C1CCC(c2cccc(NC3N=C(N4CCOCC4)N=C4CCC=C43)c2)C1. The zero-order valence-corrected chi connectivity index (χ0v) is 16.3. The first-order valence-corrected chi connectivity index (χ1v) is 10.6. The molecule has 3 atom stereocenters. The molecule has 0 aromatic heterocycles. The van der Waals surface area contributed by atoms with Crippen molar-refractivity contribution in [1.29, 1.82) is 0 Å². The van der Waals surface area contributed by atoms with Crippen LogP contribution in [-0.4, -0.2) is 49.0 Å². The van der Waals surface area contributed by atoms with Crippen molar-refractivity contribution in [3.63, 3.8) is 0 Å². The Morgan fingerprint density at radius 2 is 2.07 bits per heavy atom. The van der Waals surface area contributed by atoms with E-state index in [2.05, 4.69) is 40.6 Å². The summed E-state index contributed by atoms with van der Waals surface area (Å²) in [7, 11) is 0. The van der Waals surface area contributed by atoms with E-state index in [0.29, 0.717) is 11.8 Å². The molecule has 1 N–H and O–H groups in total. The maximum Gasteiger partial charge on any atom is 0.223 e. The second-order valence-corrected chi connectivity index (χ2v) is 8.23. The molecule has 28 heavy (non-hydrogen) atoms. The van der Waals surface area contributed by atoms with Crippen LogP contribution >= 0.6 is 0 Å². The standard InChI is InChI=1S/C23H28N4O/c1-16-8-9-18(14-16)17-4-2-5-19(15-17)24-22-20-6-3-7-21(20)25-23(26-22)27-10-12-28-13-11-27/h1-2,4-6,15-16,18,22,24H,3,7-14H2. The number of nitrogens with zero attached hydrogens (tertiary/aromatic N) is 3. The number of hydrogen-bond donors (Lipinski definition) is 1. The van der Waals surface area contributed by atoms with Gasteiger partial charge in [-0.15, -0.1) is 0 Å². The minimum atomic E-state index is -0.0612. The van der Waals surface area contributed by atoms with E-state index in [1.165, 1.54) is 23.3 Å². The molecule has 2 radical (unpaired) electrons. The van der Waals surface area contributed by atoms with Gasteiger partial charge in [0, 0.05) is 24.4 Å². The molecule has 5 rings (SSSR count). The largest absolute Gasteiger partial charge is 0.378 e. The van der Waals surface area contributed by atoms with Crippen molar-refractivity contribution in [2.24, 2.45) is 15.9 Å². The lowest BCUT2D eigenvalue weighted by molar-refractivity contribution is 0.0674. The number of hydrogen-bond acceptors (Lipinski definition) is 5. The smallest absolute Gasteiger partial charge is 0.223 e. The van der Waals surface area contributed by atoms with Gasteiger partial charge in [0.2, 0.25) is 5.96 Å². The van der Waals surface area contributed by atoms with Crippen LogP contribution < -0.4 is 5.32 Å². The fraction of sp³-hybridized carbons (Fsp3) is 0.522. The second kappa shape index (κ2) is 7.70. The van der Waals surface area contributed by atoms with Crippen LogP contribution in [0.4, 0.5) is 5.69 Å². The Morgan fingerprint density at radius 3 is 2.89 bits per heavy atom. The van der Waals surface area contributed by atoms with Gasteiger partial charge in [0.05, 0.1) is 18.9 Å². The maximum atomic E-state index is 6.13. The number of benzene rings is 1. The lowest BCUT2D eigenvalue weighted by atomic mass is 9.96. The molecule has 0 spiro atoms. The molecule has 5 heteroatoms. The third-order valence-electron chi connectivity index (χ3n) is 6.28. The van der Waals surface area contributed by atoms with E-state index in [0.717, 1.165) is 63.6 Å². The van der Waals surface area contributed by atoms with Gasteiger partial charge in [-0.25, -0.2) is 9.98 Å². The average molecular weight is 377 g/mol. The van der Waals surface area contributed by atoms with E-state index >= 15 is 0 Å². The van der Waals surface area contributed by atoms with Gasteiger partial charge in [0.1, 0.15) is 6.17 Å². The van der Waals surface area contributed by atoms with Crippen LogP contribution in [0.1, 0.15) is 43.6 Å². The van der Waals surface area contributed by atoms with E-state index in [1.807, 2.05) is 0 Å². The summed E-state index contributed by atoms with van der Waals surface area (Å²) in [5.74, 6) is 1.79. The molecule has 146 valence electrons. The summed E-state index contributed by atoms with van der Waals surface area (Å²) in [4.78, 5) is 12.1. The highest BCUT2D eigenvalue weighted by molar-refractivity contribution is 6.11. The highest BCUT2D eigenvalue weighted by atomic mass is 16.5. The monoisotopic (exact) mass is 376 g/mol. The van der Waals surface area contributed by atoms with E-state index in [9.17, 15) is 0 Å². The molecule has 2 aliphatic carbocycles. The summed E-state index contributed by atoms with van der Waals surface area (Å²) in [6.07, 6.45) is 7.70. The fourth-order valence-corrected chi connectivity index (χ4v) is 4.74. The van der Waals surface area contributed by atoms with Crippen LogP contribution in [0.15, 0.2) is 45.9 Å². The van der Waals surface area contributed by atoms with Crippen molar-refractivity contribution >= 4 is 17.4 Å². The Balaban J connectivity index is 1.37. The van der Waals surface area contributed by atoms with Crippen molar-refractivity contribution in [1.82, 2.24) is 4.90 Å². The van der Waals surface area contributed by atoms with Gasteiger partial charge in [-0.3, -0.25) is 0 Å². The van der Waals surface area contributed by atoms with E-state index in [4.69, 9.17) is 21.6 Å². The predicted octanol–water partition coefficient (Wildman–Crippen LogP) is 3.88. The molecule has 1 saturated heterocycles. The quantitative estimate of drug-likeness (QED) is 0.871. The molecule has 1 saturated carbocycles. The summed E-state index contributed by atoms with van der Waals surface area (Å²) in [5, 5.41) is 3.67. The summed E-state index contributed by atoms with van der Waals surface area (Å²) >= 11 is 0. The average Bonchev–Trinajstić information content (AvgIpc) is 3.38. The number of guanidine groups is 1. The molecule has 5 nitrogen and oxygen atoms in total. The number of aliphatic imine (C=N–C) groups is 2. The molecule has 2 fully saturated rings. The number of fused-ring (bicyclic) bond motifs is 1. The summed E-state index contributed by atoms with van der Waals surface area (Å²) in [5.41, 5.74) is 4.94. The first-order valence-electron chi connectivity index (χ1n) is 10.6. The van der Waals surface area contributed by atoms with Crippen molar-refractivity contribution in [2.75, 3.05) is 31.6 Å². The molecule has 1 aromatic carbocycles. The second-order valence-electron chi connectivity index (χ2n) is 8.23. The van der Waals surface area contributed by atoms with Crippen LogP contribution in [0, 0.1) is 12.8 Å². The Hall–Kier alpha value is -2.14. The molecule has 2 aliphatic heterocycles. The Morgan fingerprint density at radius 1 is 1.18 bits per heavy atom. The third kappa shape index (κ3) is 3.60. The van der Waals surface area contributed by atoms with Gasteiger partial charge in [0.25, 0.3) is 0 Å². The maximum absolute atomic E-state index is 6.13. The predicted molar refractivity (Wildman–Crippen MR) is 113 cm³/mol. The molecule has 2 heterocycles. The zero-order valence-electron chi connectivity index (χ0n) is 16.3. The number of rotatable bonds is 3. The Kier molecular flexibility index (Phi) is 4.93. The summed E-state index contributed by atoms with van der Waals surface area (Å²) in [6, 6.07) is 8.81. The fourth-order valence-electron chi connectivity index (χ4n) is 4.74. The van der Waals surface area contributed by atoms with E-state index < -0.39 is 0 Å². The van der Waals surface area contributed by atoms with Gasteiger partial charge in [-0.2, -0.15) is 0 Å². The molecule has 4 aliphatic rings. The van der Waals surface area contributed by atoms with E-state index in [-0.39, 0.29) is 6.17 Å². The van der Waals surface area contributed by atoms with Crippen LogP contribution in [0.25, 0.3) is 0 Å². The number of ether oxygens (including phenoxy) is 1. The summed E-state index contributed by atoms with van der Waals surface area (Å²) in [6.45, 7) is 9.34. The first kappa shape index (κ1) is 17.9. The third-order valence-corrected chi connectivity index (χ3v) is 6.28. The normalized spacial score (nSPS) is 29.8. The Labute approximate surface area is 167 Å². The topological polar surface area (TPSA) is 49.2 Å². The zero-order chi connectivity index (χ0) is 18.9.